The Morgan fingerprint density at radius 1 is 1.19 bits per heavy atom. The molecule has 1 aromatic carbocycles. The normalized spacial score (nSPS) is 12.7. The van der Waals surface area contributed by atoms with Crippen molar-refractivity contribution in [1.82, 2.24) is 5.32 Å². The van der Waals surface area contributed by atoms with Crippen LogP contribution in [0.1, 0.15) is 18.1 Å². The summed E-state index contributed by atoms with van der Waals surface area (Å²) in [6.45, 7) is 4.20. The molecule has 1 unspecified atom stereocenters. The van der Waals surface area contributed by atoms with Crippen molar-refractivity contribution in [3.63, 3.8) is 0 Å². The summed E-state index contributed by atoms with van der Waals surface area (Å²) in [5, 5.41) is 3.12. The molecule has 0 heterocycles. The number of hydrogen-bond acceptors (Lipinski definition) is 3. The molecule has 16 heavy (non-hydrogen) atoms. The van der Waals surface area contributed by atoms with E-state index < -0.39 is 0 Å². The number of nitrogens with one attached hydrogen (secondary N) is 1. The van der Waals surface area contributed by atoms with Gasteiger partial charge < -0.3 is 14.8 Å². The van der Waals surface area contributed by atoms with E-state index in [0.717, 1.165) is 6.54 Å². The summed E-state index contributed by atoms with van der Waals surface area (Å²) in [5.74, 6) is 0. The molecule has 0 bridgehead atoms. The zero-order valence-corrected chi connectivity index (χ0v) is 10.3. The molecule has 1 rings (SSSR count). The Hall–Kier alpha value is -0.900. The molecule has 1 aromatic rings. The van der Waals surface area contributed by atoms with Gasteiger partial charge in [-0.1, -0.05) is 24.3 Å². The third kappa shape index (κ3) is 4.75. The van der Waals surface area contributed by atoms with Crippen molar-refractivity contribution in [2.75, 3.05) is 20.8 Å². The van der Waals surface area contributed by atoms with Crippen LogP contribution in [0, 0.1) is 0 Å². The molecule has 0 saturated heterocycles. The van der Waals surface area contributed by atoms with Crippen molar-refractivity contribution < 1.29 is 9.47 Å². The van der Waals surface area contributed by atoms with Gasteiger partial charge in [-0.2, -0.15) is 0 Å². The van der Waals surface area contributed by atoms with Crippen LogP contribution in [0.3, 0.4) is 0 Å². The molecule has 0 saturated carbocycles. The first-order valence-corrected chi connectivity index (χ1v) is 5.59. The number of ether oxygens (including phenoxy) is 2. The van der Waals surface area contributed by atoms with Crippen molar-refractivity contribution in [1.29, 1.82) is 0 Å². The number of rotatable bonds is 7. The Kier molecular flexibility index (Phi) is 6.08. The van der Waals surface area contributed by atoms with Gasteiger partial charge >= 0.3 is 0 Å². The van der Waals surface area contributed by atoms with Gasteiger partial charge in [-0.25, -0.2) is 0 Å². The summed E-state index contributed by atoms with van der Waals surface area (Å²) in [7, 11) is 3.63. The van der Waals surface area contributed by atoms with E-state index in [1.165, 1.54) is 11.1 Å². The molecule has 3 heteroatoms. The minimum Gasteiger partial charge on any atom is -0.382 e. The Bertz CT molecular complexity index is 284. The van der Waals surface area contributed by atoms with E-state index in [2.05, 4.69) is 29.6 Å². The van der Waals surface area contributed by atoms with Crippen LogP contribution in [0.2, 0.25) is 0 Å². The van der Waals surface area contributed by atoms with Gasteiger partial charge in [0, 0.05) is 13.7 Å². The molecular weight excluding hydrogens is 202 g/mol. The molecule has 90 valence electrons. The van der Waals surface area contributed by atoms with E-state index in [1.54, 1.807) is 7.11 Å². The zero-order chi connectivity index (χ0) is 11.8. The van der Waals surface area contributed by atoms with Crippen LogP contribution in [0.4, 0.5) is 0 Å². The van der Waals surface area contributed by atoms with Gasteiger partial charge in [0.05, 0.1) is 19.3 Å². The minimum absolute atomic E-state index is 0.141. The highest BCUT2D eigenvalue weighted by atomic mass is 16.5. The van der Waals surface area contributed by atoms with Gasteiger partial charge in [-0.15, -0.1) is 0 Å². The lowest BCUT2D eigenvalue weighted by Gasteiger charge is -2.12. The maximum Gasteiger partial charge on any atom is 0.0784 e. The summed E-state index contributed by atoms with van der Waals surface area (Å²) in [4.78, 5) is 0. The first-order valence-electron chi connectivity index (χ1n) is 5.59. The second kappa shape index (κ2) is 7.39. The largest absolute Gasteiger partial charge is 0.382 e. The van der Waals surface area contributed by atoms with Gasteiger partial charge in [0.1, 0.15) is 0 Å². The summed E-state index contributed by atoms with van der Waals surface area (Å²) < 4.78 is 10.6. The molecule has 0 amide bonds. The maximum atomic E-state index is 5.63. The van der Waals surface area contributed by atoms with Crippen LogP contribution >= 0.6 is 0 Å². The van der Waals surface area contributed by atoms with Gasteiger partial charge in [-0.05, 0) is 25.1 Å². The molecule has 0 radical (unpaired) electrons. The van der Waals surface area contributed by atoms with Gasteiger partial charge in [0.25, 0.3) is 0 Å². The SMILES string of the molecule is CNCc1ccc(COC(C)COC)cc1. The van der Waals surface area contributed by atoms with E-state index in [4.69, 9.17) is 9.47 Å². The van der Waals surface area contributed by atoms with Crippen LogP contribution < -0.4 is 5.32 Å². The quantitative estimate of drug-likeness (QED) is 0.766. The van der Waals surface area contributed by atoms with Crippen molar-refractivity contribution in [3.05, 3.63) is 35.4 Å². The van der Waals surface area contributed by atoms with Crippen molar-refractivity contribution in [2.45, 2.75) is 26.2 Å². The summed E-state index contributed by atoms with van der Waals surface area (Å²) >= 11 is 0. The lowest BCUT2D eigenvalue weighted by Crippen LogP contribution is -2.14. The monoisotopic (exact) mass is 223 g/mol. The molecule has 0 aliphatic rings. The summed E-state index contributed by atoms with van der Waals surface area (Å²) in [6, 6.07) is 8.45. The highest BCUT2D eigenvalue weighted by Crippen LogP contribution is 2.07. The predicted octanol–water partition coefficient (Wildman–Crippen LogP) is 1.96. The fraction of sp³-hybridized carbons (Fsp3) is 0.538. The molecular formula is C13H21NO2. The zero-order valence-electron chi connectivity index (χ0n) is 10.3. The minimum atomic E-state index is 0.141. The van der Waals surface area contributed by atoms with E-state index in [9.17, 15) is 0 Å². The second-order valence-corrected chi connectivity index (χ2v) is 3.92. The number of benzene rings is 1. The van der Waals surface area contributed by atoms with Crippen molar-refractivity contribution >= 4 is 0 Å². The summed E-state index contributed by atoms with van der Waals surface area (Å²) in [5.41, 5.74) is 2.49. The molecule has 3 nitrogen and oxygen atoms in total. The third-order valence-electron chi connectivity index (χ3n) is 2.34. The maximum absolute atomic E-state index is 5.63. The highest BCUT2D eigenvalue weighted by molar-refractivity contribution is 5.21. The number of methoxy groups -OCH3 is 1. The van der Waals surface area contributed by atoms with E-state index >= 15 is 0 Å². The molecule has 0 fully saturated rings. The lowest BCUT2D eigenvalue weighted by molar-refractivity contribution is -0.000129. The van der Waals surface area contributed by atoms with Crippen LogP contribution in [0.5, 0.6) is 0 Å². The number of hydrogen-bond donors (Lipinski definition) is 1. The first-order chi connectivity index (χ1) is 7.76. The Morgan fingerprint density at radius 3 is 2.38 bits per heavy atom. The molecule has 0 aliphatic carbocycles. The smallest absolute Gasteiger partial charge is 0.0784 e. The Labute approximate surface area is 97.8 Å². The third-order valence-corrected chi connectivity index (χ3v) is 2.34. The second-order valence-electron chi connectivity index (χ2n) is 3.92. The average molecular weight is 223 g/mol. The Balaban J connectivity index is 2.37. The highest BCUT2D eigenvalue weighted by Gasteiger charge is 2.01. The van der Waals surface area contributed by atoms with Crippen LogP contribution in [0.15, 0.2) is 24.3 Å². The molecule has 1 N–H and O–H groups in total. The summed E-state index contributed by atoms with van der Waals surface area (Å²) in [6.07, 6.45) is 0.141. The molecule has 1 atom stereocenters. The topological polar surface area (TPSA) is 30.5 Å². The van der Waals surface area contributed by atoms with Gasteiger partial charge in [0.15, 0.2) is 0 Å². The fourth-order valence-corrected chi connectivity index (χ4v) is 1.48. The van der Waals surface area contributed by atoms with Crippen LogP contribution in [-0.4, -0.2) is 26.9 Å². The van der Waals surface area contributed by atoms with E-state index in [0.29, 0.717) is 13.2 Å². The van der Waals surface area contributed by atoms with E-state index in [-0.39, 0.29) is 6.10 Å². The van der Waals surface area contributed by atoms with Crippen LogP contribution in [-0.2, 0) is 22.6 Å². The van der Waals surface area contributed by atoms with Gasteiger partial charge in [0.2, 0.25) is 0 Å². The van der Waals surface area contributed by atoms with Gasteiger partial charge in [-0.3, -0.25) is 0 Å². The first kappa shape index (κ1) is 13.2. The molecule has 0 aliphatic heterocycles. The van der Waals surface area contributed by atoms with Crippen molar-refractivity contribution in [3.8, 4) is 0 Å². The standard InChI is InChI=1S/C13H21NO2/c1-11(9-15-3)16-10-13-6-4-12(5-7-13)8-14-2/h4-7,11,14H,8-10H2,1-3H3. The van der Waals surface area contributed by atoms with Crippen molar-refractivity contribution in [2.24, 2.45) is 0 Å². The van der Waals surface area contributed by atoms with Crippen LogP contribution in [0.25, 0.3) is 0 Å². The fourth-order valence-electron chi connectivity index (χ4n) is 1.48. The molecule has 0 aromatic heterocycles. The average Bonchev–Trinajstić information content (AvgIpc) is 2.29. The lowest BCUT2D eigenvalue weighted by atomic mass is 10.1. The Morgan fingerprint density at radius 2 is 1.81 bits per heavy atom. The molecule has 0 spiro atoms. The predicted molar refractivity (Wildman–Crippen MR) is 65.3 cm³/mol. The van der Waals surface area contributed by atoms with E-state index in [1.807, 2.05) is 14.0 Å².